The predicted octanol–water partition coefficient (Wildman–Crippen LogP) is 1.70. The highest BCUT2D eigenvalue weighted by Gasteiger charge is 2.30. The minimum atomic E-state index is 0.735. The number of hydrogen-bond donors (Lipinski definition) is 1. The van der Waals surface area contributed by atoms with Crippen molar-refractivity contribution in [1.29, 1.82) is 0 Å². The summed E-state index contributed by atoms with van der Waals surface area (Å²) >= 11 is 0. The number of aryl methyl sites for hydroxylation is 1. The molecule has 5 nitrogen and oxygen atoms in total. The van der Waals surface area contributed by atoms with E-state index in [0.717, 1.165) is 30.9 Å². The molecule has 0 spiro atoms. The standard InChI is InChI=1S/C15H27N5/c1-19-15(12-17-18-19)11-16-10-14-8-5-9-20(14)13-6-3-2-4-7-13/h12-14,16H,2-11H2,1H3. The lowest BCUT2D eigenvalue weighted by Crippen LogP contribution is -2.44. The quantitative estimate of drug-likeness (QED) is 0.890. The van der Waals surface area contributed by atoms with Crippen LogP contribution in [0.4, 0.5) is 0 Å². The van der Waals surface area contributed by atoms with Gasteiger partial charge in [-0.05, 0) is 32.2 Å². The Morgan fingerprint density at radius 1 is 1.20 bits per heavy atom. The smallest absolute Gasteiger partial charge is 0.0738 e. The van der Waals surface area contributed by atoms with Gasteiger partial charge in [0.15, 0.2) is 0 Å². The van der Waals surface area contributed by atoms with Crippen molar-refractivity contribution in [2.45, 2.75) is 63.6 Å². The Kier molecular flexibility index (Phi) is 4.68. The molecule has 0 amide bonds. The van der Waals surface area contributed by atoms with Crippen LogP contribution in [0.5, 0.6) is 0 Å². The lowest BCUT2D eigenvalue weighted by molar-refractivity contribution is 0.140. The van der Waals surface area contributed by atoms with Crippen molar-refractivity contribution in [2.24, 2.45) is 7.05 Å². The third kappa shape index (κ3) is 3.20. The first kappa shape index (κ1) is 14.0. The highest BCUT2D eigenvalue weighted by atomic mass is 15.4. The molecule has 0 radical (unpaired) electrons. The van der Waals surface area contributed by atoms with Gasteiger partial charge in [0.05, 0.1) is 11.9 Å². The van der Waals surface area contributed by atoms with Crippen molar-refractivity contribution in [3.05, 3.63) is 11.9 Å². The molecular weight excluding hydrogens is 250 g/mol. The van der Waals surface area contributed by atoms with Gasteiger partial charge < -0.3 is 5.32 Å². The predicted molar refractivity (Wildman–Crippen MR) is 79.3 cm³/mol. The van der Waals surface area contributed by atoms with Crippen molar-refractivity contribution in [1.82, 2.24) is 25.2 Å². The zero-order valence-electron chi connectivity index (χ0n) is 12.6. The summed E-state index contributed by atoms with van der Waals surface area (Å²) < 4.78 is 1.85. The van der Waals surface area contributed by atoms with Gasteiger partial charge in [0, 0.05) is 32.2 Å². The minimum Gasteiger partial charge on any atom is -0.310 e. The largest absolute Gasteiger partial charge is 0.310 e. The Hall–Kier alpha value is -0.940. The number of hydrogen-bond acceptors (Lipinski definition) is 4. The van der Waals surface area contributed by atoms with Crippen LogP contribution in [-0.2, 0) is 13.6 Å². The van der Waals surface area contributed by atoms with Crippen molar-refractivity contribution >= 4 is 0 Å². The van der Waals surface area contributed by atoms with Gasteiger partial charge in [-0.15, -0.1) is 5.10 Å². The van der Waals surface area contributed by atoms with Crippen molar-refractivity contribution in [3.63, 3.8) is 0 Å². The molecule has 3 rings (SSSR count). The van der Waals surface area contributed by atoms with E-state index < -0.39 is 0 Å². The molecule has 1 saturated heterocycles. The number of nitrogens with zero attached hydrogens (tertiary/aromatic N) is 4. The number of rotatable bonds is 5. The Bertz CT molecular complexity index is 410. The second kappa shape index (κ2) is 6.68. The van der Waals surface area contributed by atoms with Gasteiger partial charge in [0.25, 0.3) is 0 Å². The van der Waals surface area contributed by atoms with Crippen LogP contribution in [0.3, 0.4) is 0 Å². The summed E-state index contributed by atoms with van der Waals surface area (Å²) in [6, 6.07) is 1.59. The summed E-state index contributed by atoms with van der Waals surface area (Å²) in [5.74, 6) is 0. The molecule has 1 atom stereocenters. The Balaban J connectivity index is 1.47. The summed E-state index contributed by atoms with van der Waals surface area (Å²) in [4.78, 5) is 2.79. The molecule has 1 aliphatic heterocycles. The third-order valence-corrected chi connectivity index (χ3v) is 4.96. The van der Waals surface area contributed by atoms with Crippen molar-refractivity contribution < 1.29 is 0 Å². The zero-order valence-corrected chi connectivity index (χ0v) is 12.6. The van der Waals surface area contributed by atoms with E-state index in [1.54, 1.807) is 0 Å². The van der Waals surface area contributed by atoms with Crippen molar-refractivity contribution in [2.75, 3.05) is 13.1 Å². The Morgan fingerprint density at radius 2 is 2.05 bits per heavy atom. The van der Waals surface area contributed by atoms with Gasteiger partial charge in [-0.1, -0.05) is 24.5 Å². The molecule has 0 aromatic carbocycles. The van der Waals surface area contributed by atoms with E-state index in [9.17, 15) is 0 Å². The van der Waals surface area contributed by atoms with Crippen LogP contribution < -0.4 is 5.32 Å². The average molecular weight is 277 g/mol. The van der Waals surface area contributed by atoms with Crippen LogP contribution in [0, 0.1) is 0 Å². The van der Waals surface area contributed by atoms with Crippen LogP contribution in [-0.4, -0.2) is 45.1 Å². The van der Waals surface area contributed by atoms with Gasteiger partial charge in [0.2, 0.25) is 0 Å². The SMILES string of the molecule is Cn1nncc1CNCC1CCCN1C1CCCCC1. The van der Waals surface area contributed by atoms with Gasteiger partial charge in [-0.25, -0.2) is 0 Å². The Labute approximate surface area is 121 Å². The summed E-state index contributed by atoms with van der Waals surface area (Å²) in [6.07, 6.45) is 11.7. The molecule has 1 aromatic heterocycles. The summed E-state index contributed by atoms with van der Waals surface area (Å²) in [7, 11) is 1.95. The van der Waals surface area contributed by atoms with E-state index >= 15 is 0 Å². The van der Waals surface area contributed by atoms with E-state index in [4.69, 9.17) is 0 Å². The number of aromatic nitrogens is 3. The van der Waals surface area contributed by atoms with E-state index in [2.05, 4.69) is 20.5 Å². The van der Waals surface area contributed by atoms with Crippen molar-refractivity contribution in [3.8, 4) is 0 Å². The molecule has 2 aliphatic rings. The van der Waals surface area contributed by atoms with Crippen LogP contribution >= 0.6 is 0 Å². The highest BCUT2D eigenvalue weighted by Crippen LogP contribution is 2.28. The fraction of sp³-hybridized carbons (Fsp3) is 0.867. The van der Waals surface area contributed by atoms with Crippen LogP contribution in [0.1, 0.15) is 50.6 Å². The normalized spacial score (nSPS) is 25.4. The molecule has 20 heavy (non-hydrogen) atoms. The first-order chi connectivity index (χ1) is 9.84. The van der Waals surface area contributed by atoms with E-state index in [1.807, 2.05) is 17.9 Å². The van der Waals surface area contributed by atoms with Gasteiger partial charge in [-0.2, -0.15) is 0 Å². The van der Waals surface area contributed by atoms with Crippen LogP contribution in [0.15, 0.2) is 6.20 Å². The summed E-state index contributed by atoms with van der Waals surface area (Å²) in [6.45, 7) is 3.28. The van der Waals surface area contributed by atoms with E-state index in [-0.39, 0.29) is 0 Å². The van der Waals surface area contributed by atoms with Gasteiger partial charge >= 0.3 is 0 Å². The average Bonchev–Trinajstić information content (AvgIpc) is 3.10. The second-order valence-electron chi connectivity index (χ2n) is 6.31. The summed E-state index contributed by atoms with van der Waals surface area (Å²) in [5, 5.41) is 11.5. The molecule has 1 aliphatic carbocycles. The molecule has 1 unspecified atom stereocenters. The summed E-state index contributed by atoms with van der Waals surface area (Å²) in [5.41, 5.74) is 1.16. The molecule has 0 bridgehead atoms. The maximum atomic E-state index is 3.97. The zero-order chi connectivity index (χ0) is 13.8. The first-order valence-corrected chi connectivity index (χ1v) is 8.14. The molecule has 5 heteroatoms. The van der Waals surface area contributed by atoms with E-state index in [0.29, 0.717) is 0 Å². The fourth-order valence-electron chi connectivity index (χ4n) is 3.81. The number of nitrogens with one attached hydrogen (secondary N) is 1. The minimum absolute atomic E-state index is 0.735. The molecule has 2 fully saturated rings. The molecule has 1 saturated carbocycles. The molecule has 2 heterocycles. The van der Waals surface area contributed by atoms with Crippen LogP contribution in [0.2, 0.25) is 0 Å². The topological polar surface area (TPSA) is 46.0 Å². The molecule has 1 N–H and O–H groups in total. The maximum Gasteiger partial charge on any atom is 0.0738 e. The molecule has 1 aromatic rings. The number of likely N-dealkylation sites (tertiary alicyclic amines) is 1. The van der Waals surface area contributed by atoms with Gasteiger partial charge in [-0.3, -0.25) is 9.58 Å². The lowest BCUT2D eigenvalue weighted by Gasteiger charge is -2.35. The second-order valence-corrected chi connectivity index (χ2v) is 6.31. The lowest BCUT2D eigenvalue weighted by atomic mass is 9.94. The molecule has 112 valence electrons. The van der Waals surface area contributed by atoms with Gasteiger partial charge in [0.1, 0.15) is 0 Å². The van der Waals surface area contributed by atoms with Crippen LogP contribution in [0.25, 0.3) is 0 Å². The maximum absolute atomic E-state index is 3.97. The van der Waals surface area contributed by atoms with E-state index in [1.165, 1.54) is 51.5 Å². The Morgan fingerprint density at radius 3 is 2.80 bits per heavy atom. The monoisotopic (exact) mass is 277 g/mol. The first-order valence-electron chi connectivity index (χ1n) is 8.14. The molecular formula is C15H27N5. The highest BCUT2D eigenvalue weighted by molar-refractivity contribution is 4.93. The third-order valence-electron chi connectivity index (χ3n) is 4.96. The fourth-order valence-corrected chi connectivity index (χ4v) is 3.81.